The Bertz CT molecular complexity index is 477. The highest BCUT2D eigenvalue weighted by Gasteiger charge is 2.06. The zero-order chi connectivity index (χ0) is 11.4. The molecule has 80 valence electrons. The lowest BCUT2D eigenvalue weighted by molar-refractivity contribution is 0.0706. The third-order valence-electron chi connectivity index (χ3n) is 2.25. The van der Waals surface area contributed by atoms with Gasteiger partial charge in [0.1, 0.15) is 0 Å². The fraction of sp³-hybridized carbons (Fsp3) is 0. The van der Waals surface area contributed by atoms with Crippen molar-refractivity contribution < 1.29 is 10.0 Å². The first-order chi connectivity index (χ1) is 7.81. The van der Waals surface area contributed by atoms with Crippen LogP contribution in [0.25, 0.3) is 11.1 Å². The number of hydrogen-bond acceptors (Lipinski definition) is 2. The Morgan fingerprint density at radius 3 is 1.94 bits per heavy atom. The third kappa shape index (κ3) is 2.46. The van der Waals surface area contributed by atoms with Crippen LogP contribution in [0.1, 0.15) is 10.4 Å². The predicted octanol–water partition coefficient (Wildman–Crippen LogP) is 2.47. The summed E-state index contributed by atoms with van der Waals surface area (Å²) in [7, 11) is 0. The number of carbonyl (C=O) groups excluding carboxylic acids is 1. The van der Waals surface area contributed by atoms with Crippen LogP contribution in [0.3, 0.4) is 0 Å². The first-order valence-corrected chi connectivity index (χ1v) is 4.91. The minimum Gasteiger partial charge on any atom is -0.288 e. The Balaban J connectivity index is 0.000000134. The van der Waals surface area contributed by atoms with Gasteiger partial charge in [0.05, 0.1) is 0 Å². The summed E-state index contributed by atoms with van der Waals surface area (Å²) in [5, 5.41) is 8.19. The van der Waals surface area contributed by atoms with Gasteiger partial charge in [-0.25, -0.2) is 5.48 Å². The highest BCUT2D eigenvalue weighted by atomic mass is 16.5. The van der Waals surface area contributed by atoms with E-state index in [-0.39, 0.29) is 0 Å². The molecule has 0 spiro atoms. The maximum absolute atomic E-state index is 10.7. The average molecular weight is 213 g/mol. The van der Waals surface area contributed by atoms with Crippen molar-refractivity contribution in [1.29, 1.82) is 0 Å². The summed E-state index contributed by atoms with van der Waals surface area (Å²) in [4.78, 5) is 10.7. The second-order valence-electron chi connectivity index (χ2n) is 3.39. The van der Waals surface area contributed by atoms with Crippen molar-refractivity contribution in [3.63, 3.8) is 0 Å². The molecule has 2 N–H and O–H groups in total. The first kappa shape index (κ1) is 10.4. The molecule has 0 unspecified atom stereocenters. The van der Waals surface area contributed by atoms with Gasteiger partial charge in [-0.05, 0) is 29.3 Å². The quantitative estimate of drug-likeness (QED) is 0.482. The SMILES string of the molecule is O=C(NO)c1ccccc1.c1cc2cc-2c1. The molecule has 2 aliphatic rings. The molecule has 1 amide bonds. The van der Waals surface area contributed by atoms with Gasteiger partial charge in [0, 0.05) is 5.56 Å². The first-order valence-electron chi connectivity index (χ1n) is 4.91. The molecular formula is C13H11NO2. The topological polar surface area (TPSA) is 49.3 Å². The molecule has 3 rings (SSSR count). The number of fused-ring (bicyclic) bond motifs is 1. The Kier molecular flexibility index (Phi) is 2.98. The molecule has 0 aliphatic heterocycles. The molecule has 2 aliphatic carbocycles. The molecule has 16 heavy (non-hydrogen) atoms. The van der Waals surface area contributed by atoms with E-state index in [4.69, 9.17) is 5.21 Å². The van der Waals surface area contributed by atoms with Crippen LogP contribution in [0.5, 0.6) is 0 Å². The molecule has 0 saturated heterocycles. The molecular weight excluding hydrogens is 202 g/mol. The van der Waals surface area contributed by atoms with Crippen LogP contribution < -0.4 is 5.48 Å². The summed E-state index contributed by atoms with van der Waals surface area (Å²) in [6.45, 7) is 0. The molecule has 0 saturated carbocycles. The average Bonchev–Trinajstić information content (AvgIpc) is 2.97. The fourth-order valence-corrected chi connectivity index (χ4v) is 1.33. The fourth-order valence-electron chi connectivity index (χ4n) is 1.33. The van der Waals surface area contributed by atoms with Crippen molar-refractivity contribution in [2.24, 2.45) is 0 Å². The number of amides is 1. The lowest BCUT2D eigenvalue weighted by Gasteiger charge is -1.94. The maximum atomic E-state index is 10.7. The lowest BCUT2D eigenvalue weighted by atomic mass is 10.2. The number of hydrogen-bond donors (Lipinski definition) is 2. The summed E-state index contributed by atoms with van der Waals surface area (Å²) < 4.78 is 0. The molecule has 0 heterocycles. The minimum absolute atomic E-state index is 0.449. The standard InChI is InChI=1S/C7H7NO2.C6H4/c9-7(8-10)6-4-2-1-3-5-6;1-2-5-4-6(5)3-1/h1-5,10H,(H,8,9);1-4H. The van der Waals surface area contributed by atoms with E-state index >= 15 is 0 Å². The van der Waals surface area contributed by atoms with Gasteiger partial charge in [0.15, 0.2) is 0 Å². The maximum Gasteiger partial charge on any atom is 0.274 e. The van der Waals surface area contributed by atoms with E-state index in [0.717, 1.165) is 0 Å². The van der Waals surface area contributed by atoms with Crippen LogP contribution in [0, 0.1) is 0 Å². The Morgan fingerprint density at radius 1 is 0.938 bits per heavy atom. The Hall–Kier alpha value is -2.13. The number of carbonyl (C=O) groups is 1. The lowest BCUT2D eigenvalue weighted by Crippen LogP contribution is -2.18. The summed E-state index contributed by atoms with van der Waals surface area (Å²) in [6.07, 6.45) is 0. The largest absolute Gasteiger partial charge is 0.288 e. The Labute approximate surface area is 93.3 Å². The number of hydroxylamine groups is 1. The van der Waals surface area contributed by atoms with E-state index in [9.17, 15) is 4.79 Å². The highest BCUT2D eigenvalue weighted by molar-refractivity contribution is 5.93. The van der Waals surface area contributed by atoms with Crippen molar-refractivity contribution in [2.75, 3.05) is 0 Å². The van der Waals surface area contributed by atoms with Gasteiger partial charge in [0.2, 0.25) is 0 Å². The van der Waals surface area contributed by atoms with Gasteiger partial charge in [0.25, 0.3) is 5.91 Å². The molecule has 0 atom stereocenters. The van der Waals surface area contributed by atoms with Crippen LogP contribution in [-0.2, 0) is 0 Å². The van der Waals surface area contributed by atoms with Crippen LogP contribution >= 0.6 is 0 Å². The van der Waals surface area contributed by atoms with Crippen molar-refractivity contribution in [1.82, 2.24) is 5.48 Å². The number of benzene rings is 2. The minimum atomic E-state index is -0.486. The molecule has 0 bridgehead atoms. The predicted molar refractivity (Wildman–Crippen MR) is 61.1 cm³/mol. The van der Waals surface area contributed by atoms with Gasteiger partial charge in [-0.15, -0.1) is 0 Å². The summed E-state index contributed by atoms with van der Waals surface area (Å²) in [5.74, 6) is -0.486. The van der Waals surface area contributed by atoms with E-state index < -0.39 is 5.91 Å². The van der Waals surface area contributed by atoms with E-state index in [1.807, 2.05) is 0 Å². The van der Waals surface area contributed by atoms with Crippen LogP contribution in [0.2, 0.25) is 0 Å². The van der Waals surface area contributed by atoms with Crippen LogP contribution in [-0.4, -0.2) is 11.1 Å². The summed E-state index contributed by atoms with van der Waals surface area (Å²) in [5.41, 5.74) is 4.84. The van der Waals surface area contributed by atoms with E-state index in [0.29, 0.717) is 5.56 Å². The molecule has 0 fully saturated rings. The molecule has 0 radical (unpaired) electrons. The smallest absolute Gasteiger partial charge is 0.274 e. The van der Waals surface area contributed by atoms with Crippen molar-refractivity contribution in [2.45, 2.75) is 0 Å². The van der Waals surface area contributed by atoms with Crippen molar-refractivity contribution >= 4 is 5.91 Å². The molecule has 0 aromatic heterocycles. The summed E-state index contributed by atoms with van der Waals surface area (Å²) in [6, 6.07) is 17.0. The van der Waals surface area contributed by atoms with Gasteiger partial charge >= 0.3 is 0 Å². The number of rotatable bonds is 1. The summed E-state index contributed by atoms with van der Waals surface area (Å²) >= 11 is 0. The van der Waals surface area contributed by atoms with Crippen LogP contribution in [0.15, 0.2) is 54.6 Å². The number of nitrogens with one attached hydrogen (secondary N) is 1. The van der Waals surface area contributed by atoms with E-state index in [1.54, 1.807) is 35.8 Å². The Morgan fingerprint density at radius 2 is 1.56 bits per heavy atom. The third-order valence-corrected chi connectivity index (χ3v) is 2.25. The highest BCUT2D eigenvalue weighted by Crippen LogP contribution is 2.32. The second-order valence-corrected chi connectivity index (χ2v) is 3.39. The van der Waals surface area contributed by atoms with Gasteiger partial charge in [-0.2, -0.15) is 0 Å². The van der Waals surface area contributed by atoms with Gasteiger partial charge in [-0.3, -0.25) is 10.0 Å². The van der Waals surface area contributed by atoms with Gasteiger partial charge < -0.3 is 0 Å². The normalized spacial score (nSPS) is 9.81. The molecule has 3 nitrogen and oxygen atoms in total. The van der Waals surface area contributed by atoms with E-state index in [1.165, 1.54) is 11.1 Å². The zero-order valence-corrected chi connectivity index (χ0v) is 8.55. The molecule has 3 heteroatoms. The van der Waals surface area contributed by atoms with Gasteiger partial charge in [-0.1, -0.05) is 36.4 Å². The van der Waals surface area contributed by atoms with E-state index in [2.05, 4.69) is 24.3 Å². The second kappa shape index (κ2) is 4.59. The molecule has 1 aromatic rings. The van der Waals surface area contributed by atoms with Crippen molar-refractivity contribution in [3.8, 4) is 11.1 Å². The zero-order valence-electron chi connectivity index (χ0n) is 8.55. The van der Waals surface area contributed by atoms with Crippen molar-refractivity contribution in [3.05, 3.63) is 60.2 Å². The molecule has 1 aromatic carbocycles. The monoisotopic (exact) mass is 213 g/mol. The van der Waals surface area contributed by atoms with Crippen LogP contribution in [0.4, 0.5) is 0 Å².